The van der Waals surface area contributed by atoms with E-state index in [1.54, 1.807) is 0 Å². The molecular weight excluding hydrogens is 289 g/mol. The lowest BCUT2D eigenvalue weighted by Gasteiger charge is -2.30. The Labute approximate surface area is 147 Å². The number of allylic oxidation sites excluding steroid dienone is 2. The zero-order valence-corrected chi connectivity index (χ0v) is 15.5. The molecule has 0 spiro atoms. The normalized spacial score (nSPS) is 20.5. The number of fused-ring (bicyclic) bond motifs is 1. The van der Waals surface area contributed by atoms with E-state index in [4.69, 9.17) is 5.64 Å². The van der Waals surface area contributed by atoms with Crippen LogP contribution in [-0.2, 0) is 12.8 Å². The van der Waals surface area contributed by atoms with E-state index >= 15 is 0 Å². The first kappa shape index (κ1) is 17.3. The number of nitrogens with two attached hydrogens (primary N) is 1. The molecule has 126 valence electrons. The van der Waals surface area contributed by atoms with Crippen molar-refractivity contribution in [2.75, 3.05) is 0 Å². The summed E-state index contributed by atoms with van der Waals surface area (Å²) in [6.07, 6.45) is 10.5. The Morgan fingerprint density at radius 2 is 1.96 bits per heavy atom. The molecule has 1 aromatic rings. The minimum absolute atomic E-state index is 0.0424. The minimum Gasteiger partial charge on any atom is -0.366 e. The fourth-order valence-corrected chi connectivity index (χ4v) is 4.14. The summed E-state index contributed by atoms with van der Waals surface area (Å²) in [5.41, 5.74) is 16.1. The molecule has 2 aliphatic carbocycles. The smallest absolute Gasteiger partial charge is 0.249 e. The highest BCUT2D eigenvalue weighted by Crippen LogP contribution is 2.38. The molecule has 0 saturated heterocycles. The summed E-state index contributed by atoms with van der Waals surface area (Å²) in [4.78, 5) is 0. The van der Waals surface area contributed by atoms with Gasteiger partial charge >= 0.3 is 0 Å². The Hall–Kier alpha value is -1.54. The zero-order chi connectivity index (χ0) is 17.4. The van der Waals surface area contributed by atoms with Gasteiger partial charge in [-0.1, -0.05) is 54.8 Å². The van der Waals surface area contributed by atoms with Crippen LogP contribution in [0, 0.1) is 11.8 Å². The first-order valence-corrected chi connectivity index (χ1v) is 9.32. The van der Waals surface area contributed by atoms with Crippen molar-refractivity contribution in [2.24, 2.45) is 17.5 Å². The fraction of sp³-hybridized carbons (Fsp3) is 0.455. The van der Waals surface area contributed by atoms with E-state index in [1.807, 2.05) is 6.08 Å². The highest BCUT2D eigenvalue weighted by atomic mass is 14.4. The van der Waals surface area contributed by atoms with E-state index in [9.17, 15) is 0 Å². The Morgan fingerprint density at radius 3 is 2.50 bits per heavy atom. The second-order valence-electron chi connectivity index (χ2n) is 7.87. The highest BCUT2D eigenvalue weighted by molar-refractivity contribution is 6.70. The molecule has 3 rings (SSSR count). The molecule has 1 fully saturated rings. The van der Waals surface area contributed by atoms with Gasteiger partial charge in [0.05, 0.1) is 0 Å². The average Bonchev–Trinajstić information content (AvgIpc) is 3.37. The van der Waals surface area contributed by atoms with Crippen LogP contribution in [0.1, 0.15) is 55.4 Å². The van der Waals surface area contributed by atoms with Gasteiger partial charge < -0.3 is 5.64 Å². The van der Waals surface area contributed by atoms with Crippen molar-refractivity contribution in [1.29, 1.82) is 0 Å². The molecule has 0 bridgehead atoms. The summed E-state index contributed by atoms with van der Waals surface area (Å²) in [5.74, 6) is 1.37. The molecular formula is C22H30BN. The third-order valence-corrected chi connectivity index (χ3v) is 5.82. The van der Waals surface area contributed by atoms with Crippen LogP contribution < -0.4 is 11.1 Å². The third kappa shape index (κ3) is 3.30. The van der Waals surface area contributed by atoms with Crippen molar-refractivity contribution in [3.63, 3.8) is 0 Å². The molecule has 0 aliphatic heterocycles. The van der Waals surface area contributed by atoms with Crippen molar-refractivity contribution in [1.82, 2.24) is 0 Å². The lowest BCUT2D eigenvalue weighted by Crippen LogP contribution is -2.43. The Morgan fingerprint density at radius 1 is 1.25 bits per heavy atom. The van der Waals surface area contributed by atoms with E-state index in [-0.39, 0.29) is 6.85 Å². The summed E-state index contributed by atoms with van der Waals surface area (Å²) >= 11 is 0. The van der Waals surface area contributed by atoms with Gasteiger partial charge in [-0.3, -0.25) is 0 Å². The molecule has 1 nitrogen and oxygen atoms in total. The zero-order valence-electron chi connectivity index (χ0n) is 15.5. The van der Waals surface area contributed by atoms with Crippen molar-refractivity contribution in [3.05, 3.63) is 52.6 Å². The van der Waals surface area contributed by atoms with Crippen LogP contribution in [0.25, 0.3) is 12.2 Å². The number of rotatable bonds is 5. The van der Waals surface area contributed by atoms with Gasteiger partial charge in [0.2, 0.25) is 6.85 Å². The maximum atomic E-state index is 6.47. The molecule has 2 aliphatic rings. The van der Waals surface area contributed by atoms with Crippen LogP contribution in [0.2, 0.25) is 6.82 Å². The summed E-state index contributed by atoms with van der Waals surface area (Å²) in [6.45, 7) is 14.9. The van der Waals surface area contributed by atoms with Crippen LogP contribution in [0.4, 0.5) is 0 Å². The van der Waals surface area contributed by atoms with Gasteiger partial charge in [-0.05, 0) is 80.0 Å². The van der Waals surface area contributed by atoms with Gasteiger partial charge in [0.25, 0.3) is 0 Å². The molecule has 1 unspecified atom stereocenters. The molecule has 2 N–H and O–H groups in total. The van der Waals surface area contributed by atoms with Crippen LogP contribution in [-0.4, -0.2) is 6.85 Å². The summed E-state index contributed by atoms with van der Waals surface area (Å²) < 4.78 is 0. The topological polar surface area (TPSA) is 26.0 Å². The predicted molar refractivity (Wildman–Crippen MR) is 109 cm³/mol. The average molecular weight is 319 g/mol. The van der Waals surface area contributed by atoms with Crippen LogP contribution >= 0.6 is 0 Å². The maximum absolute atomic E-state index is 6.47. The first-order chi connectivity index (χ1) is 11.4. The molecule has 0 heterocycles. The molecule has 1 atom stereocenters. The third-order valence-electron chi connectivity index (χ3n) is 5.82. The number of aryl methyl sites for hydroxylation is 1. The summed E-state index contributed by atoms with van der Waals surface area (Å²) in [5, 5.41) is 0. The monoisotopic (exact) mass is 319 g/mol. The first-order valence-electron chi connectivity index (χ1n) is 9.32. The Bertz CT molecular complexity index is 707. The Balaban J connectivity index is 2.16. The van der Waals surface area contributed by atoms with E-state index in [1.165, 1.54) is 58.1 Å². The molecule has 0 amide bonds. The largest absolute Gasteiger partial charge is 0.366 e. The number of benzene rings is 1. The van der Waals surface area contributed by atoms with Crippen LogP contribution in [0.3, 0.4) is 0 Å². The fourth-order valence-electron chi connectivity index (χ4n) is 4.14. The quantitative estimate of drug-likeness (QED) is 0.622. The van der Waals surface area contributed by atoms with Crippen LogP contribution in [0.15, 0.2) is 30.4 Å². The van der Waals surface area contributed by atoms with Gasteiger partial charge in [-0.15, -0.1) is 0 Å². The summed E-state index contributed by atoms with van der Waals surface area (Å²) in [6, 6.07) is 2.36. The van der Waals surface area contributed by atoms with E-state index in [0.29, 0.717) is 5.92 Å². The van der Waals surface area contributed by atoms with Gasteiger partial charge in [-0.2, -0.15) is 0 Å². The summed E-state index contributed by atoms with van der Waals surface area (Å²) in [7, 11) is 0. The van der Waals surface area contributed by atoms with Gasteiger partial charge in [-0.25, -0.2) is 0 Å². The SMILES string of the molecule is C=Cc1cc2c(c(B(C)N)c1/C=C(\C)C1CC1)CC(C(=C)C)CC2. The molecule has 0 aromatic heterocycles. The van der Waals surface area contributed by atoms with Gasteiger partial charge in [0, 0.05) is 0 Å². The van der Waals surface area contributed by atoms with Crippen molar-refractivity contribution in [2.45, 2.75) is 52.8 Å². The molecule has 24 heavy (non-hydrogen) atoms. The van der Waals surface area contributed by atoms with Crippen molar-refractivity contribution in [3.8, 4) is 0 Å². The second kappa shape index (κ2) is 6.76. The van der Waals surface area contributed by atoms with E-state index in [0.717, 1.165) is 18.8 Å². The maximum Gasteiger partial charge on any atom is 0.249 e. The van der Waals surface area contributed by atoms with E-state index < -0.39 is 0 Å². The van der Waals surface area contributed by atoms with Crippen molar-refractivity contribution >= 4 is 24.5 Å². The molecule has 2 heteroatoms. The standard InChI is InChI=1S/C22H30BN/c1-6-16-12-19-10-9-18(14(2)3)13-21(19)22(23(5)24)20(16)11-15(4)17-7-8-17/h6,11-12,17-18H,1-2,7-10,13,24H2,3-5H3/b15-11+. The molecule has 1 aromatic carbocycles. The number of hydrogen-bond acceptors (Lipinski definition) is 1. The van der Waals surface area contributed by atoms with Crippen LogP contribution in [0.5, 0.6) is 0 Å². The van der Waals surface area contributed by atoms with Crippen molar-refractivity contribution < 1.29 is 0 Å². The van der Waals surface area contributed by atoms with Gasteiger partial charge in [0.15, 0.2) is 0 Å². The lowest BCUT2D eigenvalue weighted by molar-refractivity contribution is 0.528. The second-order valence-corrected chi connectivity index (χ2v) is 7.87. The Kier molecular flexibility index (Phi) is 4.87. The number of hydrogen-bond donors (Lipinski definition) is 1. The minimum atomic E-state index is 0.0424. The highest BCUT2D eigenvalue weighted by Gasteiger charge is 2.28. The van der Waals surface area contributed by atoms with E-state index in [2.05, 4.69) is 46.0 Å². The van der Waals surface area contributed by atoms with Gasteiger partial charge in [0.1, 0.15) is 0 Å². The predicted octanol–water partition coefficient (Wildman–Crippen LogP) is 4.61. The molecule has 0 radical (unpaired) electrons. The molecule has 1 saturated carbocycles. The lowest BCUT2D eigenvalue weighted by atomic mass is 9.54.